The first-order valence-corrected chi connectivity index (χ1v) is 7.29. The number of piperidine rings is 1. The summed E-state index contributed by atoms with van der Waals surface area (Å²) < 4.78 is 0. The highest BCUT2D eigenvalue weighted by Crippen LogP contribution is 2.27. The van der Waals surface area contributed by atoms with Crippen LogP contribution in [0.3, 0.4) is 0 Å². The lowest BCUT2D eigenvalue weighted by Gasteiger charge is -2.29. The highest BCUT2D eigenvalue weighted by Gasteiger charge is 2.19. The van der Waals surface area contributed by atoms with Crippen molar-refractivity contribution in [3.8, 4) is 0 Å². The molecular formula is C14H18ClN3O3. The van der Waals surface area contributed by atoms with Crippen LogP contribution in [0.15, 0.2) is 18.2 Å². The molecule has 1 saturated heterocycles. The Morgan fingerprint density at radius 2 is 2.14 bits per heavy atom. The number of nitro groups is 1. The average molecular weight is 312 g/mol. The van der Waals surface area contributed by atoms with Gasteiger partial charge in [0.2, 0.25) is 5.91 Å². The van der Waals surface area contributed by atoms with Crippen molar-refractivity contribution in [3.63, 3.8) is 0 Å². The van der Waals surface area contributed by atoms with E-state index in [2.05, 4.69) is 17.1 Å². The van der Waals surface area contributed by atoms with Crippen molar-refractivity contribution in [2.75, 3.05) is 25.0 Å². The van der Waals surface area contributed by atoms with E-state index in [0.717, 1.165) is 25.9 Å². The third kappa shape index (κ3) is 4.41. The Labute approximate surface area is 128 Å². The second kappa shape index (κ2) is 6.87. The van der Waals surface area contributed by atoms with Crippen molar-refractivity contribution in [3.05, 3.63) is 33.3 Å². The van der Waals surface area contributed by atoms with Crippen molar-refractivity contribution in [1.29, 1.82) is 0 Å². The Bertz CT molecular complexity index is 542. The number of rotatable bonds is 4. The third-order valence-electron chi connectivity index (χ3n) is 3.67. The molecule has 2 rings (SSSR count). The summed E-state index contributed by atoms with van der Waals surface area (Å²) in [5.41, 5.74) is 0.183. The van der Waals surface area contributed by atoms with Gasteiger partial charge in [-0.3, -0.25) is 19.8 Å². The first kappa shape index (κ1) is 15.7. The lowest BCUT2D eigenvalue weighted by atomic mass is 9.99. The van der Waals surface area contributed by atoms with Crippen LogP contribution in [-0.4, -0.2) is 35.4 Å². The molecule has 0 saturated carbocycles. The fraction of sp³-hybridized carbons (Fsp3) is 0.500. The molecule has 0 spiro atoms. The summed E-state index contributed by atoms with van der Waals surface area (Å²) in [6.07, 6.45) is 2.19. The van der Waals surface area contributed by atoms with Crippen LogP contribution < -0.4 is 5.32 Å². The zero-order valence-corrected chi connectivity index (χ0v) is 12.6. The van der Waals surface area contributed by atoms with Gasteiger partial charge in [-0.15, -0.1) is 0 Å². The quantitative estimate of drug-likeness (QED) is 0.685. The van der Waals surface area contributed by atoms with Crippen LogP contribution in [0, 0.1) is 16.0 Å². The van der Waals surface area contributed by atoms with Gasteiger partial charge in [-0.1, -0.05) is 18.5 Å². The number of hydrogen-bond donors (Lipinski definition) is 1. The number of hydrogen-bond acceptors (Lipinski definition) is 4. The number of amides is 1. The predicted molar refractivity (Wildman–Crippen MR) is 81.6 cm³/mol. The van der Waals surface area contributed by atoms with Gasteiger partial charge in [0.1, 0.15) is 5.02 Å². The van der Waals surface area contributed by atoms with Crippen molar-refractivity contribution < 1.29 is 9.72 Å². The molecule has 1 fully saturated rings. The third-order valence-corrected chi connectivity index (χ3v) is 3.99. The smallest absolute Gasteiger partial charge is 0.289 e. The van der Waals surface area contributed by atoms with Crippen LogP contribution in [0.1, 0.15) is 19.8 Å². The van der Waals surface area contributed by atoms with E-state index < -0.39 is 4.92 Å². The molecule has 6 nitrogen and oxygen atoms in total. The first-order valence-electron chi connectivity index (χ1n) is 6.92. The van der Waals surface area contributed by atoms with Gasteiger partial charge in [-0.2, -0.15) is 0 Å². The van der Waals surface area contributed by atoms with Gasteiger partial charge in [0.05, 0.1) is 11.5 Å². The summed E-state index contributed by atoms with van der Waals surface area (Å²) in [5.74, 6) is 0.546. The largest absolute Gasteiger partial charge is 0.325 e. The second-order valence-electron chi connectivity index (χ2n) is 5.43. The number of likely N-dealkylation sites (tertiary alicyclic amines) is 1. The molecule has 1 aliphatic heterocycles. The number of halogens is 1. The molecule has 0 bridgehead atoms. The Morgan fingerprint density at radius 3 is 2.76 bits per heavy atom. The molecule has 1 amide bonds. The number of nitro benzene ring substituents is 1. The molecule has 0 unspecified atom stereocenters. The Kier molecular flexibility index (Phi) is 5.14. The van der Waals surface area contributed by atoms with Gasteiger partial charge in [-0.05, 0) is 44.0 Å². The summed E-state index contributed by atoms with van der Waals surface area (Å²) in [6, 6.07) is 4.25. The summed E-state index contributed by atoms with van der Waals surface area (Å²) in [5, 5.41) is 13.5. The highest BCUT2D eigenvalue weighted by molar-refractivity contribution is 6.32. The van der Waals surface area contributed by atoms with Gasteiger partial charge in [0.15, 0.2) is 0 Å². The van der Waals surface area contributed by atoms with E-state index in [0.29, 0.717) is 18.2 Å². The van der Waals surface area contributed by atoms with Crippen molar-refractivity contribution >= 4 is 28.9 Å². The van der Waals surface area contributed by atoms with Gasteiger partial charge < -0.3 is 5.32 Å². The molecule has 0 aromatic heterocycles. The van der Waals surface area contributed by atoms with Crippen LogP contribution in [0.5, 0.6) is 0 Å². The summed E-state index contributed by atoms with van der Waals surface area (Å²) >= 11 is 5.73. The summed E-state index contributed by atoms with van der Waals surface area (Å²) in [6.45, 7) is 4.35. The SMILES string of the molecule is CC1CCN(CC(=O)Nc2ccc(Cl)c([N+](=O)[O-])c2)CC1. The predicted octanol–water partition coefficient (Wildman–Crippen LogP) is 2.92. The maximum atomic E-state index is 12.0. The lowest BCUT2D eigenvalue weighted by Crippen LogP contribution is -2.38. The maximum absolute atomic E-state index is 12.0. The fourth-order valence-electron chi connectivity index (χ4n) is 2.35. The molecule has 1 aromatic carbocycles. The molecule has 1 heterocycles. The zero-order valence-electron chi connectivity index (χ0n) is 11.8. The molecule has 0 atom stereocenters. The second-order valence-corrected chi connectivity index (χ2v) is 5.84. The number of benzene rings is 1. The van der Waals surface area contributed by atoms with Crippen LogP contribution >= 0.6 is 11.6 Å². The van der Waals surface area contributed by atoms with Crippen molar-refractivity contribution in [2.45, 2.75) is 19.8 Å². The molecule has 114 valence electrons. The summed E-state index contributed by atoms with van der Waals surface area (Å²) in [7, 11) is 0. The van der Waals surface area contributed by atoms with Crippen molar-refractivity contribution in [2.24, 2.45) is 5.92 Å². The number of carbonyl (C=O) groups is 1. The Hall–Kier alpha value is -1.66. The van der Waals surface area contributed by atoms with Gasteiger partial charge in [0, 0.05) is 11.8 Å². The molecule has 1 aliphatic rings. The minimum atomic E-state index is -0.565. The number of carbonyl (C=O) groups excluding carboxylic acids is 1. The van der Waals surface area contributed by atoms with Crippen molar-refractivity contribution in [1.82, 2.24) is 4.90 Å². The number of nitrogens with zero attached hydrogens (tertiary/aromatic N) is 2. The molecule has 0 radical (unpaired) electrons. The standard InChI is InChI=1S/C14H18ClN3O3/c1-10-4-6-17(7-5-10)9-14(19)16-11-2-3-12(15)13(8-11)18(20)21/h2-3,8,10H,4-7,9H2,1H3,(H,16,19). The maximum Gasteiger partial charge on any atom is 0.289 e. The number of nitrogens with one attached hydrogen (secondary N) is 1. The molecule has 1 aromatic rings. The lowest BCUT2D eigenvalue weighted by molar-refractivity contribution is -0.384. The fourth-order valence-corrected chi connectivity index (χ4v) is 2.54. The molecule has 7 heteroatoms. The van der Waals surface area contributed by atoms with Crippen LogP contribution in [-0.2, 0) is 4.79 Å². The Balaban J connectivity index is 1.93. The molecule has 1 N–H and O–H groups in total. The van der Waals surface area contributed by atoms with Crippen LogP contribution in [0.25, 0.3) is 0 Å². The van der Waals surface area contributed by atoms with E-state index in [1.165, 1.54) is 12.1 Å². The minimum absolute atomic E-state index is 0.0583. The van der Waals surface area contributed by atoms with E-state index in [4.69, 9.17) is 11.6 Å². The Morgan fingerprint density at radius 1 is 1.48 bits per heavy atom. The van der Waals surface area contributed by atoms with E-state index in [9.17, 15) is 14.9 Å². The normalized spacial score (nSPS) is 16.7. The monoisotopic (exact) mass is 311 g/mol. The molecule has 21 heavy (non-hydrogen) atoms. The van der Waals surface area contributed by atoms with E-state index in [1.54, 1.807) is 6.07 Å². The average Bonchev–Trinajstić information content (AvgIpc) is 2.43. The van der Waals surface area contributed by atoms with E-state index in [-0.39, 0.29) is 16.6 Å². The first-order chi connectivity index (χ1) is 9.95. The summed E-state index contributed by atoms with van der Waals surface area (Å²) in [4.78, 5) is 24.3. The van der Waals surface area contributed by atoms with Gasteiger partial charge in [0.25, 0.3) is 5.69 Å². The minimum Gasteiger partial charge on any atom is -0.325 e. The zero-order chi connectivity index (χ0) is 15.4. The number of anilines is 1. The van der Waals surface area contributed by atoms with Crippen LogP contribution in [0.4, 0.5) is 11.4 Å². The molecule has 0 aliphatic carbocycles. The van der Waals surface area contributed by atoms with Gasteiger partial charge in [-0.25, -0.2) is 0 Å². The highest BCUT2D eigenvalue weighted by atomic mass is 35.5. The van der Waals surface area contributed by atoms with Crippen LogP contribution in [0.2, 0.25) is 5.02 Å². The van der Waals surface area contributed by atoms with Gasteiger partial charge >= 0.3 is 0 Å². The molecular weight excluding hydrogens is 294 g/mol. The topological polar surface area (TPSA) is 75.5 Å². The van der Waals surface area contributed by atoms with E-state index >= 15 is 0 Å². The van der Waals surface area contributed by atoms with E-state index in [1.807, 2.05) is 0 Å².